The van der Waals surface area contributed by atoms with Crippen molar-refractivity contribution in [2.24, 2.45) is 0 Å². The second kappa shape index (κ2) is 4.78. The van der Waals surface area contributed by atoms with Gasteiger partial charge >= 0.3 is 0 Å². The molecule has 1 aromatic carbocycles. The van der Waals surface area contributed by atoms with Crippen molar-refractivity contribution < 1.29 is 4.74 Å². The fourth-order valence-electron chi connectivity index (χ4n) is 0.944. The van der Waals surface area contributed by atoms with E-state index >= 15 is 0 Å². The number of hydrogen-bond donors (Lipinski definition) is 0. The van der Waals surface area contributed by atoms with Gasteiger partial charge in [-0.15, -0.1) is 4.37 Å². The fourth-order valence-corrected chi connectivity index (χ4v) is 1.63. The Balaban J connectivity index is 2.31. The van der Waals surface area contributed by atoms with Crippen molar-refractivity contribution in [3.05, 3.63) is 44.7 Å². The Labute approximate surface area is 105 Å². The quantitative estimate of drug-likeness (QED) is 0.845. The Morgan fingerprint density at radius 1 is 1.12 bits per heavy atom. The number of nitrogens with zero attached hydrogens (tertiary/aromatic N) is 2. The standard InChI is InChI=1S/C9H4Cl2N2O2S/c10-5-1-3-6(4-2-5)15-9-7(14)8(11)12-16-13-9/h1-4H. The van der Waals surface area contributed by atoms with E-state index in [1.165, 1.54) is 0 Å². The van der Waals surface area contributed by atoms with Gasteiger partial charge in [0.05, 0.1) is 11.7 Å². The molecule has 0 N–H and O–H groups in total. The zero-order valence-electron chi connectivity index (χ0n) is 7.68. The molecule has 2 rings (SSSR count). The van der Waals surface area contributed by atoms with Gasteiger partial charge in [0, 0.05) is 5.02 Å². The summed E-state index contributed by atoms with van der Waals surface area (Å²) in [5, 5.41) is 0.433. The highest BCUT2D eigenvalue weighted by atomic mass is 35.5. The summed E-state index contributed by atoms with van der Waals surface area (Å²) in [6.07, 6.45) is 0. The first-order chi connectivity index (χ1) is 7.66. The molecule has 2 aromatic rings. The first-order valence-electron chi connectivity index (χ1n) is 4.12. The average molecular weight is 275 g/mol. The second-order valence-electron chi connectivity index (χ2n) is 2.75. The maximum Gasteiger partial charge on any atom is 0.283 e. The molecule has 0 amide bonds. The van der Waals surface area contributed by atoms with E-state index in [1.54, 1.807) is 24.3 Å². The zero-order valence-corrected chi connectivity index (χ0v) is 10.0. The van der Waals surface area contributed by atoms with E-state index in [-0.39, 0.29) is 11.0 Å². The summed E-state index contributed by atoms with van der Waals surface area (Å²) in [4.78, 5) is 11.4. The molecular formula is C9H4Cl2N2O2S. The highest BCUT2D eigenvalue weighted by molar-refractivity contribution is 6.99. The first kappa shape index (κ1) is 11.3. The fraction of sp³-hybridized carbons (Fsp3) is 0. The largest absolute Gasteiger partial charge is 0.435 e. The van der Waals surface area contributed by atoms with Gasteiger partial charge in [0.15, 0.2) is 5.15 Å². The lowest BCUT2D eigenvalue weighted by molar-refractivity contribution is 0.462. The normalized spacial score (nSPS) is 10.1. The predicted octanol–water partition coefficient (Wildman–Crippen LogP) is 3.00. The van der Waals surface area contributed by atoms with Crippen molar-refractivity contribution in [3.63, 3.8) is 0 Å². The molecule has 1 aromatic heterocycles. The number of hydrogen-bond acceptors (Lipinski definition) is 5. The van der Waals surface area contributed by atoms with Crippen molar-refractivity contribution >= 4 is 34.9 Å². The predicted molar refractivity (Wildman–Crippen MR) is 62.7 cm³/mol. The van der Waals surface area contributed by atoms with Gasteiger partial charge in [-0.25, -0.2) is 0 Å². The van der Waals surface area contributed by atoms with Crippen LogP contribution in [0.1, 0.15) is 0 Å². The smallest absolute Gasteiger partial charge is 0.283 e. The lowest BCUT2D eigenvalue weighted by Crippen LogP contribution is -2.07. The van der Waals surface area contributed by atoms with Gasteiger partial charge in [-0.1, -0.05) is 23.2 Å². The maximum atomic E-state index is 11.4. The lowest BCUT2D eigenvalue weighted by atomic mass is 10.3. The molecule has 0 unspecified atom stereocenters. The Kier molecular flexibility index (Phi) is 3.38. The van der Waals surface area contributed by atoms with Gasteiger partial charge in [-0.05, 0) is 24.3 Å². The summed E-state index contributed by atoms with van der Waals surface area (Å²) >= 11 is 12.1. The van der Waals surface area contributed by atoms with Crippen LogP contribution in [-0.2, 0) is 0 Å². The van der Waals surface area contributed by atoms with Crippen LogP contribution in [0.5, 0.6) is 11.6 Å². The molecule has 0 aliphatic heterocycles. The topological polar surface area (TPSA) is 52.1 Å². The molecule has 0 atom stereocenters. The van der Waals surface area contributed by atoms with Crippen LogP contribution in [0.3, 0.4) is 0 Å². The van der Waals surface area contributed by atoms with Crippen molar-refractivity contribution in [1.82, 2.24) is 8.75 Å². The molecule has 0 aliphatic rings. The van der Waals surface area contributed by atoms with Gasteiger partial charge in [-0.3, -0.25) is 4.79 Å². The molecule has 0 saturated carbocycles. The molecule has 0 bridgehead atoms. The van der Waals surface area contributed by atoms with Gasteiger partial charge in [0.25, 0.3) is 11.3 Å². The third kappa shape index (κ3) is 2.49. The van der Waals surface area contributed by atoms with Crippen molar-refractivity contribution in [2.45, 2.75) is 0 Å². The molecule has 1 heterocycles. The molecule has 82 valence electrons. The van der Waals surface area contributed by atoms with Crippen molar-refractivity contribution in [1.29, 1.82) is 0 Å². The van der Waals surface area contributed by atoms with Crippen LogP contribution in [-0.4, -0.2) is 8.75 Å². The monoisotopic (exact) mass is 274 g/mol. The summed E-state index contributed by atoms with van der Waals surface area (Å²) in [5.74, 6) is 0.371. The van der Waals surface area contributed by atoms with Crippen LogP contribution in [0.4, 0.5) is 0 Å². The average Bonchev–Trinajstić information content (AvgIpc) is 2.28. The van der Waals surface area contributed by atoms with E-state index in [1.807, 2.05) is 0 Å². The molecule has 0 radical (unpaired) electrons. The summed E-state index contributed by atoms with van der Waals surface area (Å²) in [6, 6.07) is 6.55. The zero-order chi connectivity index (χ0) is 11.5. The first-order valence-corrected chi connectivity index (χ1v) is 5.61. The highest BCUT2D eigenvalue weighted by Gasteiger charge is 2.08. The lowest BCUT2D eigenvalue weighted by Gasteiger charge is -2.02. The SMILES string of the molecule is O=c1c(Cl)nsnc1Oc1ccc(Cl)cc1. The van der Waals surface area contributed by atoms with E-state index in [4.69, 9.17) is 27.9 Å². The van der Waals surface area contributed by atoms with Crippen molar-refractivity contribution in [3.8, 4) is 11.6 Å². The maximum absolute atomic E-state index is 11.4. The van der Waals surface area contributed by atoms with Gasteiger partial charge in [0.2, 0.25) is 0 Å². The molecule has 0 saturated heterocycles. The van der Waals surface area contributed by atoms with Crippen LogP contribution in [0.15, 0.2) is 29.1 Å². The van der Waals surface area contributed by atoms with Crippen LogP contribution in [0.25, 0.3) is 0 Å². The van der Waals surface area contributed by atoms with Crippen LogP contribution in [0, 0.1) is 0 Å². The van der Waals surface area contributed by atoms with E-state index in [9.17, 15) is 4.79 Å². The Morgan fingerprint density at radius 2 is 1.81 bits per heavy atom. The van der Waals surface area contributed by atoms with E-state index in [0.717, 1.165) is 11.7 Å². The Bertz CT molecular complexity index is 556. The summed E-state index contributed by atoms with van der Waals surface area (Å²) in [5.41, 5.74) is -0.532. The second-order valence-corrected chi connectivity index (χ2v) is 4.07. The van der Waals surface area contributed by atoms with Crippen LogP contribution < -0.4 is 10.2 Å². The van der Waals surface area contributed by atoms with E-state index in [0.29, 0.717) is 10.8 Å². The Morgan fingerprint density at radius 3 is 2.50 bits per heavy atom. The van der Waals surface area contributed by atoms with E-state index < -0.39 is 5.43 Å². The van der Waals surface area contributed by atoms with Crippen LogP contribution >= 0.6 is 34.9 Å². The van der Waals surface area contributed by atoms with Gasteiger partial charge < -0.3 is 4.74 Å². The minimum atomic E-state index is -0.532. The third-order valence-corrected chi connectivity index (χ3v) is 2.77. The number of aromatic nitrogens is 2. The summed E-state index contributed by atoms with van der Waals surface area (Å²) < 4.78 is 12.6. The Hall–Kier alpha value is -1.17. The molecule has 7 heteroatoms. The molecular weight excluding hydrogens is 271 g/mol. The molecule has 0 spiro atoms. The number of rotatable bonds is 2. The highest BCUT2D eigenvalue weighted by Crippen LogP contribution is 2.20. The van der Waals surface area contributed by atoms with Gasteiger partial charge in [-0.2, -0.15) is 4.37 Å². The number of benzene rings is 1. The van der Waals surface area contributed by atoms with Crippen molar-refractivity contribution in [2.75, 3.05) is 0 Å². The third-order valence-electron chi connectivity index (χ3n) is 1.65. The number of halogens is 2. The molecule has 0 aliphatic carbocycles. The molecule has 0 fully saturated rings. The molecule has 16 heavy (non-hydrogen) atoms. The summed E-state index contributed by atoms with van der Waals surface area (Å²) in [7, 11) is 0. The summed E-state index contributed by atoms with van der Waals surface area (Å²) in [6.45, 7) is 0. The number of ether oxygens (including phenoxy) is 1. The minimum absolute atomic E-state index is 0.0904. The van der Waals surface area contributed by atoms with Gasteiger partial charge in [0.1, 0.15) is 5.75 Å². The van der Waals surface area contributed by atoms with E-state index in [2.05, 4.69) is 8.75 Å². The van der Waals surface area contributed by atoms with Crippen LogP contribution in [0.2, 0.25) is 10.2 Å². The minimum Gasteiger partial charge on any atom is -0.435 e. The molecule has 4 nitrogen and oxygen atoms in total.